The molecule has 0 saturated heterocycles. The fraction of sp³-hybridized carbons (Fsp3) is 0.179. The summed E-state index contributed by atoms with van der Waals surface area (Å²) in [6.07, 6.45) is 3.46. The Labute approximate surface area is 226 Å². The molecule has 5 rings (SSSR count). The summed E-state index contributed by atoms with van der Waals surface area (Å²) in [5.74, 6) is -0.511. The fourth-order valence-electron chi connectivity index (χ4n) is 4.57. The van der Waals surface area contributed by atoms with Crippen molar-refractivity contribution >= 4 is 55.5 Å². The lowest BCUT2D eigenvalue weighted by Crippen LogP contribution is -2.24. The van der Waals surface area contributed by atoms with Gasteiger partial charge in [-0.05, 0) is 30.7 Å². The Kier molecular flexibility index (Phi) is 6.58. The summed E-state index contributed by atoms with van der Waals surface area (Å²) >= 11 is 3.40. The van der Waals surface area contributed by atoms with Crippen LogP contribution in [0.2, 0.25) is 0 Å². The molecule has 9 nitrogen and oxygen atoms in total. The van der Waals surface area contributed by atoms with E-state index in [0.29, 0.717) is 27.5 Å². The number of nitrogens with one attached hydrogen (secondary N) is 1. The Balaban J connectivity index is 1.58. The number of hydrogen-bond donors (Lipinski definition) is 1. The average molecular weight is 574 g/mol. The SMILES string of the molecule is COC(=O)c1cc(Br)cc2[nH]c(C(=O)N(C)C)c(C(=O)c3ccc(Cn4c(C)nc5cnccc54)cc3)c12. The van der Waals surface area contributed by atoms with E-state index in [9.17, 15) is 14.4 Å². The molecule has 0 bridgehead atoms. The lowest BCUT2D eigenvalue weighted by atomic mass is 9.96. The van der Waals surface area contributed by atoms with Crippen LogP contribution in [0.1, 0.15) is 48.2 Å². The van der Waals surface area contributed by atoms with Gasteiger partial charge in [-0.2, -0.15) is 0 Å². The van der Waals surface area contributed by atoms with Gasteiger partial charge in [0, 0.05) is 47.8 Å². The quantitative estimate of drug-likeness (QED) is 0.232. The molecule has 10 heteroatoms. The van der Waals surface area contributed by atoms with Crippen molar-refractivity contribution in [3.05, 3.63) is 93.1 Å². The molecule has 0 spiro atoms. The van der Waals surface area contributed by atoms with E-state index in [1.807, 2.05) is 25.1 Å². The number of benzene rings is 2. The van der Waals surface area contributed by atoms with E-state index in [0.717, 1.165) is 22.4 Å². The molecule has 1 N–H and O–H groups in total. The Morgan fingerprint density at radius 1 is 1.11 bits per heavy atom. The normalized spacial score (nSPS) is 11.2. The standard InChI is InChI=1S/C28H24BrN5O4/c1-15-31-21-13-30-10-9-22(21)34(15)14-16-5-7-17(8-6-16)26(35)24-23-19(28(37)38-4)11-18(29)12-20(23)32-25(24)27(36)33(2)3/h5-13,32H,14H2,1-4H3. The molecule has 0 unspecified atom stereocenters. The first-order valence-corrected chi connectivity index (χ1v) is 12.5. The highest BCUT2D eigenvalue weighted by Gasteiger charge is 2.29. The van der Waals surface area contributed by atoms with Crippen molar-refractivity contribution in [1.82, 2.24) is 24.4 Å². The molecule has 0 fully saturated rings. The van der Waals surface area contributed by atoms with Crippen molar-refractivity contribution in [1.29, 1.82) is 0 Å². The van der Waals surface area contributed by atoms with E-state index >= 15 is 0 Å². The Bertz CT molecular complexity index is 1730. The number of aryl methyl sites for hydroxylation is 1. The molecule has 38 heavy (non-hydrogen) atoms. The second-order valence-electron chi connectivity index (χ2n) is 9.08. The number of methoxy groups -OCH3 is 1. The van der Waals surface area contributed by atoms with Crippen LogP contribution < -0.4 is 0 Å². The number of rotatable bonds is 6. The molecular formula is C28H24BrN5O4. The summed E-state index contributed by atoms with van der Waals surface area (Å²) in [6.45, 7) is 2.51. The molecule has 0 aliphatic rings. The van der Waals surface area contributed by atoms with Gasteiger partial charge < -0.3 is 19.2 Å². The van der Waals surface area contributed by atoms with Gasteiger partial charge in [-0.1, -0.05) is 40.2 Å². The van der Waals surface area contributed by atoms with E-state index in [-0.39, 0.29) is 28.5 Å². The number of pyridine rings is 1. The number of H-pyrrole nitrogens is 1. The van der Waals surface area contributed by atoms with Gasteiger partial charge in [0.2, 0.25) is 0 Å². The summed E-state index contributed by atoms with van der Waals surface area (Å²) in [4.78, 5) is 52.8. The summed E-state index contributed by atoms with van der Waals surface area (Å²) in [5, 5.41) is 0.341. The number of nitrogens with zero attached hydrogens (tertiary/aromatic N) is 4. The smallest absolute Gasteiger partial charge is 0.338 e. The third kappa shape index (κ3) is 4.37. The van der Waals surface area contributed by atoms with Crippen LogP contribution in [0.3, 0.4) is 0 Å². The zero-order chi connectivity index (χ0) is 27.1. The first kappa shape index (κ1) is 25.3. The van der Waals surface area contributed by atoms with Crippen LogP contribution in [-0.2, 0) is 11.3 Å². The van der Waals surface area contributed by atoms with E-state index in [1.165, 1.54) is 12.0 Å². The molecule has 0 aliphatic carbocycles. The number of halogens is 1. The highest BCUT2D eigenvalue weighted by Crippen LogP contribution is 2.32. The third-order valence-corrected chi connectivity index (χ3v) is 6.87. The number of imidazole rings is 1. The second kappa shape index (κ2) is 9.86. The summed E-state index contributed by atoms with van der Waals surface area (Å²) in [7, 11) is 4.48. The predicted octanol–water partition coefficient (Wildman–Crippen LogP) is 4.75. The highest BCUT2D eigenvalue weighted by atomic mass is 79.9. The minimum atomic E-state index is -0.610. The number of fused-ring (bicyclic) bond motifs is 2. The zero-order valence-corrected chi connectivity index (χ0v) is 22.8. The van der Waals surface area contributed by atoms with Gasteiger partial charge >= 0.3 is 5.97 Å². The fourth-order valence-corrected chi connectivity index (χ4v) is 5.03. The number of hydrogen-bond acceptors (Lipinski definition) is 6. The van der Waals surface area contributed by atoms with Crippen molar-refractivity contribution in [2.45, 2.75) is 13.5 Å². The summed E-state index contributed by atoms with van der Waals surface area (Å²) < 4.78 is 7.66. The van der Waals surface area contributed by atoms with Gasteiger partial charge in [0.05, 0.1) is 30.0 Å². The first-order chi connectivity index (χ1) is 18.2. The molecule has 0 radical (unpaired) electrons. The van der Waals surface area contributed by atoms with E-state index in [4.69, 9.17) is 4.74 Å². The summed E-state index contributed by atoms with van der Waals surface area (Å²) in [6, 6.07) is 12.4. The number of ketones is 1. The number of carbonyl (C=O) groups excluding carboxylic acids is 3. The van der Waals surface area contributed by atoms with Crippen molar-refractivity contribution in [2.75, 3.05) is 21.2 Å². The van der Waals surface area contributed by atoms with Crippen LogP contribution >= 0.6 is 15.9 Å². The maximum atomic E-state index is 13.9. The molecule has 0 saturated carbocycles. The maximum absolute atomic E-state index is 13.9. The topological polar surface area (TPSA) is 110 Å². The van der Waals surface area contributed by atoms with Crippen LogP contribution in [0, 0.1) is 6.92 Å². The second-order valence-corrected chi connectivity index (χ2v) is 9.99. The number of amides is 1. The minimum Gasteiger partial charge on any atom is -0.465 e. The molecule has 3 aromatic heterocycles. The van der Waals surface area contributed by atoms with Crippen LogP contribution in [0.4, 0.5) is 0 Å². The number of aromatic amines is 1. The van der Waals surface area contributed by atoms with E-state index in [1.54, 1.807) is 50.8 Å². The largest absolute Gasteiger partial charge is 0.465 e. The van der Waals surface area contributed by atoms with Gasteiger partial charge in [0.1, 0.15) is 17.0 Å². The van der Waals surface area contributed by atoms with E-state index in [2.05, 4.69) is 35.4 Å². The van der Waals surface area contributed by atoms with Crippen LogP contribution in [0.15, 0.2) is 59.3 Å². The molecule has 3 heterocycles. The van der Waals surface area contributed by atoms with Gasteiger partial charge in [0.15, 0.2) is 5.78 Å². The predicted molar refractivity (Wildman–Crippen MR) is 147 cm³/mol. The number of aromatic nitrogens is 4. The number of carbonyl (C=O) groups is 3. The number of ether oxygens (including phenoxy) is 1. The zero-order valence-electron chi connectivity index (χ0n) is 21.2. The molecule has 192 valence electrons. The van der Waals surface area contributed by atoms with Crippen molar-refractivity contribution in [3.63, 3.8) is 0 Å². The molecule has 2 aromatic carbocycles. The number of esters is 1. The molecule has 0 atom stereocenters. The lowest BCUT2D eigenvalue weighted by molar-refractivity contribution is 0.0602. The van der Waals surface area contributed by atoms with Gasteiger partial charge in [0.25, 0.3) is 5.91 Å². The minimum absolute atomic E-state index is 0.108. The Morgan fingerprint density at radius 3 is 2.53 bits per heavy atom. The third-order valence-electron chi connectivity index (χ3n) is 6.41. The van der Waals surface area contributed by atoms with Crippen molar-refractivity contribution < 1.29 is 19.1 Å². The molecule has 0 aliphatic heterocycles. The summed E-state index contributed by atoms with van der Waals surface area (Å²) in [5.41, 5.74) is 4.05. The van der Waals surface area contributed by atoms with Gasteiger partial charge in [-0.3, -0.25) is 14.6 Å². The van der Waals surface area contributed by atoms with E-state index < -0.39 is 5.97 Å². The first-order valence-electron chi connectivity index (χ1n) is 11.7. The van der Waals surface area contributed by atoms with Crippen molar-refractivity contribution in [2.24, 2.45) is 0 Å². The lowest BCUT2D eigenvalue weighted by Gasteiger charge is -2.12. The van der Waals surface area contributed by atoms with Crippen molar-refractivity contribution in [3.8, 4) is 0 Å². The van der Waals surface area contributed by atoms with Crippen LogP contribution in [0.25, 0.3) is 21.9 Å². The Morgan fingerprint density at radius 2 is 1.84 bits per heavy atom. The Hall–Kier alpha value is -4.31. The molecule has 1 amide bonds. The molecule has 5 aromatic rings. The maximum Gasteiger partial charge on any atom is 0.338 e. The average Bonchev–Trinajstić information content (AvgIpc) is 3.44. The molecular weight excluding hydrogens is 550 g/mol. The van der Waals surface area contributed by atoms with Gasteiger partial charge in [-0.25, -0.2) is 9.78 Å². The van der Waals surface area contributed by atoms with Crippen LogP contribution in [-0.4, -0.2) is 63.3 Å². The van der Waals surface area contributed by atoms with Gasteiger partial charge in [-0.15, -0.1) is 0 Å². The van der Waals surface area contributed by atoms with Crippen LogP contribution in [0.5, 0.6) is 0 Å². The highest BCUT2D eigenvalue weighted by molar-refractivity contribution is 9.10. The monoisotopic (exact) mass is 573 g/mol.